The number of benzene rings is 3. The SMILES string of the molecule is COC(=O)c1cccc(N2C(=O)C(=O)/C(=C(\O)c3ccc(OC)cc3OC)C2c2ccc(OC)cc2)c1. The number of ether oxygens (including phenoxy) is 4. The highest BCUT2D eigenvalue weighted by Crippen LogP contribution is 2.44. The number of anilines is 1. The number of ketones is 1. The van der Waals surface area contributed by atoms with Crippen molar-refractivity contribution in [2.45, 2.75) is 6.04 Å². The molecule has 1 unspecified atom stereocenters. The van der Waals surface area contributed by atoms with Crippen LogP contribution in [0.4, 0.5) is 5.69 Å². The number of carbonyl (C=O) groups is 3. The molecule has 1 atom stereocenters. The number of nitrogens with zero attached hydrogens (tertiary/aromatic N) is 1. The van der Waals surface area contributed by atoms with Crippen LogP contribution < -0.4 is 19.1 Å². The molecule has 190 valence electrons. The Morgan fingerprint density at radius 3 is 2.14 bits per heavy atom. The van der Waals surface area contributed by atoms with Crippen molar-refractivity contribution < 1.29 is 38.4 Å². The van der Waals surface area contributed by atoms with Crippen LogP contribution in [0, 0.1) is 0 Å². The first kappa shape index (κ1) is 25.3. The number of hydrogen-bond donors (Lipinski definition) is 1. The van der Waals surface area contributed by atoms with Gasteiger partial charge in [-0.3, -0.25) is 14.5 Å². The van der Waals surface area contributed by atoms with E-state index in [1.54, 1.807) is 54.6 Å². The number of Topliss-reactive ketones (excluding diaryl/α,β-unsaturated/α-hetero) is 1. The van der Waals surface area contributed by atoms with E-state index in [1.165, 1.54) is 45.5 Å². The molecule has 9 nitrogen and oxygen atoms in total. The smallest absolute Gasteiger partial charge is 0.337 e. The highest BCUT2D eigenvalue weighted by Gasteiger charge is 2.47. The molecule has 3 aromatic carbocycles. The number of aliphatic hydroxyl groups is 1. The Morgan fingerprint density at radius 2 is 1.51 bits per heavy atom. The molecule has 4 rings (SSSR count). The molecule has 0 radical (unpaired) electrons. The molecular weight excluding hydrogens is 478 g/mol. The van der Waals surface area contributed by atoms with Crippen molar-refractivity contribution in [2.24, 2.45) is 0 Å². The van der Waals surface area contributed by atoms with E-state index in [9.17, 15) is 19.5 Å². The lowest BCUT2D eigenvalue weighted by atomic mass is 9.94. The number of amides is 1. The van der Waals surface area contributed by atoms with Crippen LogP contribution in [0.25, 0.3) is 5.76 Å². The number of methoxy groups -OCH3 is 4. The summed E-state index contributed by atoms with van der Waals surface area (Å²) in [5.74, 6) is -1.45. The summed E-state index contributed by atoms with van der Waals surface area (Å²) in [5.41, 5.74) is 1.10. The van der Waals surface area contributed by atoms with Gasteiger partial charge in [0.25, 0.3) is 11.7 Å². The van der Waals surface area contributed by atoms with Crippen molar-refractivity contribution in [3.63, 3.8) is 0 Å². The van der Waals surface area contributed by atoms with Crippen molar-refractivity contribution in [1.29, 1.82) is 0 Å². The molecule has 0 bridgehead atoms. The van der Waals surface area contributed by atoms with Crippen LogP contribution in [0.2, 0.25) is 0 Å². The number of esters is 1. The molecule has 0 spiro atoms. The average Bonchev–Trinajstić information content (AvgIpc) is 3.21. The minimum absolute atomic E-state index is 0.137. The molecule has 9 heteroatoms. The first-order valence-electron chi connectivity index (χ1n) is 11.2. The lowest BCUT2D eigenvalue weighted by Gasteiger charge is -2.26. The van der Waals surface area contributed by atoms with E-state index in [4.69, 9.17) is 18.9 Å². The Balaban J connectivity index is 1.95. The Kier molecular flexibility index (Phi) is 7.15. The van der Waals surface area contributed by atoms with Crippen molar-refractivity contribution >= 4 is 29.1 Å². The maximum atomic E-state index is 13.4. The molecule has 3 aromatic rings. The van der Waals surface area contributed by atoms with Crippen LogP contribution in [0.5, 0.6) is 17.2 Å². The van der Waals surface area contributed by atoms with Gasteiger partial charge in [-0.2, -0.15) is 0 Å². The van der Waals surface area contributed by atoms with Crippen LogP contribution in [-0.4, -0.2) is 51.2 Å². The van der Waals surface area contributed by atoms with E-state index in [-0.39, 0.29) is 28.1 Å². The fourth-order valence-electron chi connectivity index (χ4n) is 4.24. The molecule has 0 saturated carbocycles. The Morgan fingerprint density at radius 1 is 0.838 bits per heavy atom. The zero-order valence-electron chi connectivity index (χ0n) is 20.7. The summed E-state index contributed by atoms with van der Waals surface area (Å²) >= 11 is 0. The number of carbonyl (C=O) groups excluding carboxylic acids is 3. The Labute approximate surface area is 213 Å². The van der Waals surface area contributed by atoms with Crippen LogP contribution >= 0.6 is 0 Å². The summed E-state index contributed by atoms with van der Waals surface area (Å²) in [7, 11) is 5.69. The molecule has 0 aliphatic carbocycles. The lowest BCUT2D eigenvalue weighted by Crippen LogP contribution is -2.29. The van der Waals surface area contributed by atoms with Crippen molar-refractivity contribution in [3.8, 4) is 17.2 Å². The first-order chi connectivity index (χ1) is 17.8. The van der Waals surface area contributed by atoms with Crippen molar-refractivity contribution in [2.75, 3.05) is 33.3 Å². The normalized spacial score (nSPS) is 16.4. The quantitative estimate of drug-likeness (QED) is 0.222. The summed E-state index contributed by atoms with van der Waals surface area (Å²) in [6.45, 7) is 0. The summed E-state index contributed by atoms with van der Waals surface area (Å²) in [5, 5.41) is 11.4. The molecule has 1 heterocycles. The molecular formula is C28H25NO8. The minimum atomic E-state index is -1.01. The highest BCUT2D eigenvalue weighted by molar-refractivity contribution is 6.51. The molecule has 1 aliphatic heterocycles. The second-order valence-corrected chi connectivity index (χ2v) is 8.05. The van der Waals surface area contributed by atoms with Crippen molar-refractivity contribution in [3.05, 3.63) is 89.0 Å². The maximum absolute atomic E-state index is 13.4. The third kappa shape index (κ3) is 4.58. The number of aliphatic hydroxyl groups excluding tert-OH is 1. The zero-order valence-corrected chi connectivity index (χ0v) is 20.7. The summed E-state index contributed by atoms with van der Waals surface area (Å²) in [6, 6.07) is 16.7. The fourth-order valence-corrected chi connectivity index (χ4v) is 4.24. The van der Waals surface area contributed by atoms with Gasteiger partial charge in [-0.25, -0.2) is 4.79 Å². The van der Waals surface area contributed by atoms with Gasteiger partial charge in [0.15, 0.2) is 0 Å². The van der Waals surface area contributed by atoms with E-state index in [0.717, 1.165) is 0 Å². The second kappa shape index (κ2) is 10.4. The summed E-state index contributed by atoms with van der Waals surface area (Å²) in [6.07, 6.45) is 0. The van der Waals surface area contributed by atoms with E-state index in [2.05, 4.69) is 0 Å². The topological polar surface area (TPSA) is 112 Å². The molecule has 1 aliphatic rings. The maximum Gasteiger partial charge on any atom is 0.337 e. The van der Waals surface area contributed by atoms with E-state index in [0.29, 0.717) is 17.1 Å². The van der Waals surface area contributed by atoms with E-state index in [1.807, 2.05) is 0 Å². The van der Waals surface area contributed by atoms with Gasteiger partial charge in [0, 0.05) is 11.8 Å². The predicted molar refractivity (Wildman–Crippen MR) is 135 cm³/mol. The van der Waals surface area contributed by atoms with Crippen molar-refractivity contribution in [1.82, 2.24) is 0 Å². The standard InChI is InChI=1S/C28H25NO8/c1-34-19-10-8-16(9-11-19)24-23(25(30)21-13-12-20(35-2)15-22(21)36-3)26(31)27(32)29(24)18-7-5-6-17(14-18)28(33)37-4/h5-15,24,30H,1-4H3/b25-23-. The monoisotopic (exact) mass is 503 g/mol. The van der Waals surface area contributed by atoms with Gasteiger partial charge in [0.05, 0.1) is 51.2 Å². The summed E-state index contributed by atoms with van der Waals surface area (Å²) in [4.78, 5) is 40.2. The predicted octanol–water partition coefficient (Wildman–Crippen LogP) is 4.13. The molecule has 37 heavy (non-hydrogen) atoms. The molecule has 1 amide bonds. The first-order valence-corrected chi connectivity index (χ1v) is 11.2. The minimum Gasteiger partial charge on any atom is -0.507 e. The molecule has 1 N–H and O–H groups in total. The van der Waals surface area contributed by atoms with Gasteiger partial charge in [-0.15, -0.1) is 0 Å². The van der Waals surface area contributed by atoms with Crippen LogP contribution in [0.1, 0.15) is 27.5 Å². The Bertz CT molecular complexity index is 1390. The zero-order chi connectivity index (χ0) is 26.7. The molecule has 1 fully saturated rings. The molecule has 0 aromatic heterocycles. The fraction of sp³-hybridized carbons (Fsp3) is 0.179. The van der Waals surface area contributed by atoms with Gasteiger partial charge in [0.1, 0.15) is 23.0 Å². The third-order valence-electron chi connectivity index (χ3n) is 6.09. The van der Waals surface area contributed by atoms with E-state index >= 15 is 0 Å². The van der Waals surface area contributed by atoms with Crippen LogP contribution in [0.15, 0.2) is 72.3 Å². The number of rotatable bonds is 7. The van der Waals surface area contributed by atoms with Gasteiger partial charge < -0.3 is 24.1 Å². The second-order valence-electron chi connectivity index (χ2n) is 8.05. The van der Waals surface area contributed by atoms with Gasteiger partial charge in [-0.1, -0.05) is 18.2 Å². The van der Waals surface area contributed by atoms with E-state index < -0.39 is 29.5 Å². The largest absolute Gasteiger partial charge is 0.507 e. The van der Waals surface area contributed by atoms with Gasteiger partial charge in [-0.05, 0) is 48.0 Å². The third-order valence-corrected chi connectivity index (χ3v) is 6.09. The lowest BCUT2D eigenvalue weighted by molar-refractivity contribution is -0.132. The van der Waals surface area contributed by atoms with Gasteiger partial charge in [0.2, 0.25) is 0 Å². The van der Waals surface area contributed by atoms with Gasteiger partial charge >= 0.3 is 5.97 Å². The summed E-state index contributed by atoms with van der Waals surface area (Å²) < 4.78 is 20.7. The Hall–Kier alpha value is -4.79. The van der Waals surface area contributed by atoms with Crippen LogP contribution in [-0.2, 0) is 14.3 Å². The average molecular weight is 504 g/mol. The molecule has 1 saturated heterocycles. The van der Waals surface area contributed by atoms with Crippen LogP contribution in [0.3, 0.4) is 0 Å². The number of hydrogen-bond acceptors (Lipinski definition) is 8. The highest BCUT2D eigenvalue weighted by atomic mass is 16.5.